The van der Waals surface area contributed by atoms with E-state index in [2.05, 4.69) is 16.0 Å². The second kappa shape index (κ2) is 7.15. The molecule has 1 aromatic heterocycles. The van der Waals surface area contributed by atoms with Gasteiger partial charge in [-0.1, -0.05) is 0 Å². The largest absolute Gasteiger partial charge is 0.493 e. The van der Waals surface area contributed by atoms with Crippen LogP contribution in [0.3, 0.4) is 0 Å². The van der Waals surface area contributed by atoms with E-state index in [1.54, 1.807) is 24.3 Å². The summed E-state index contributed by atoms with van der Waals surface area (Å²) in [6.45, 7) is 0. The lowest BCUT2D eigenvalue weighted by Gasteiger charge is -2.13. The highest BCUT2D eigenvalue weighted by molar-refractivity contribution is 5.90. The molecule has 0 radical (unpaired) electrons. The SMILES string of the molecule is COc1cc(/C=C(/C#N)c2nc3ccc(F)cc3[nH]2)cc(OC)c1OC. The highest BCUT2D eigenvalue weighted by Gasteiger charge is 2.14. The van der Waals surface area contributed by atoms with E-state index in [0.717, 1.165) is 0 Å². The summed E-state index contributed by atoms with van der Waals surface area (Å²) in [4.78, 5) is 7.30. The molecule has 0 fully saturated rings. The third-order valence-electron chi connectivity index (χ3n) is 3.82. The number of fused-ring (bicyclic) bond motifs is 1. The average Bonchev–Trinajstić information content (AvgIpc) is 3.07. The van der Waals surface area contributed by atoms with Gasteiger partial charge in [0.25, 0.3) is 0 Å². The minimum Gasteiger partial charge on any atom is -0.493 e. The van der Waals surface area contributed by atoms with E-state index in [1.165, 1.54) is 33.5 Å². The average molecular weight is 353 g/mol. The summed E-state index contributed by atoms with van der Waals surface area (Å²) in [6, 6.07) is 9.76. The maximum absolute atomic E-state index is 13.3. The van der Waals surface area contributed by atoms with Gasteiger partial charge < -0.3 is 19.2 Å². The number of allylic oxidation sites excluding steroid dienone is 1. The normalized spacial score (nSPS) is 11.3. The second-order valence-corrected chi connectivity index (χ2v) is 5.38. The van der Waals surface area contributed by atoms with Crippen LogP contribution in [0.15, 0.2) is 30.3 Å². The lowest BCUT2D eigenvalue weighted by molar-refractivity contribution is 0.324. The molecule has 0 spiro atoms. The summed E-state index contributed by atoms with van der Waals surface area (Å²) in [5.41, 5.74) is 2.05. The Morgan fingerprint density at radius 2 is 1.81 bits per heavy atom. The fraction of sp³-hybridized carbons (Fsp3) is 0.158. The molecule has 0 saturated heterocycles. The Bertz CT molecular complexity index is 1010. The molecule has 3 aromatic rings. The number of ether oxygens (including phenoxy) is 3. The zero-order valence-corrected chi connectivity index (χ0v) is 14.5. The highest BCUT2D eigenvalue weighted by atomic mass is 19.1. The molecule has 0 aliphatic heterocycles. The summed E-state index contributed by atoms with van der Waals surface area (Å²) < 4.78 is 29.3. The zero-order chi connectivity index (χ0) is 18.7. The van der Waals surface area contributed by atoms with Gasteiger partial charge in [0.05, 0.1) is 37.9 Å². The third-order valence-corrected chi connectivity index (χ3v) is 3.82. The molecule has 3 rings (SSSR count). The maximum Gasteiger partial charge on any atom is 0.203 e. The molecule has 26 heavy (non-hydrogen) atoms. The maximum atomic E-state index is 13.3. The zero-order valence-electron chi connectivity index (χ0n) is 14.5. The first-order chi connectivity index (χ1) is 12.6. The van der Waals surface area contributed by atoms with Crippen molar-refractivity contribution in [2.24, 2.45) is 0 Å². The summed E-state index contributed by atoms with van der Waals surface area (Å²) in [5, 5.41) is 9.53. The standard InChI is InChI=1S/C19H16FN3O3/c1-24-16-7-11(8-17(25-2)18(16)26-3)6-12(10-21)19-22-14-5-4-13(20)9-15(14)23-19/h4-9H,1-3H3,(H,22,23)/b12-6-. The van der Waals surface area contributed by atoms with Gasteiger partial charge in [0.1, 0.15) is 17.7 Å². The first kappa shape index (κ1) is 17.3. The van der Waals surface area contributed by atoms with Crippen molar-refractivity contribution in [2.75, 3.05) is 21.3 Å². The van der Waals surface area contributed by atoms with E-state index < -0.39 is 0 Å². The number of methoxy groups -OCH3 is 3. The van der Waals surface area contributed by atoms with Crippen molar-refractivity contribution in [3.05, 3.63) is 47.5 Å². The van der Waals surface area contributed by atoms with Gasteiger partial charge >= 0.3 is 0 Å². The number of rotatable bonds is 5. The number of nitrogens with one attached hydrogen (secondary N) is 1. The Hall–Kier alpha value is -3.53. The number of hydrogen-bond acceptors (Lipinski definition) is 5. The van der Waals surface area contributed by atoms with Gasteiger partial charge in [0.2, 0.25) is 5.75 Å². The van der Waals surface area contributed by atoms with Crippen molar-refractivity contribution in [3.63, 3.8) is 0 Å². The lowest BCUT2D eigenvalue weighted by Crippen LogP contribution is -1.96. The smallest absolute Gasteiger partial charge is 0.203 e. The number of nitriles is 1. The molecule has 0 amide bonds. The van der Waals surface area contributed by atoms with Gasteiger partial charge in [0.15, 0.2) is 11.5 Å². The van der Waals surface area contributed by atoms with Crippen molar-refractivity contribution in [2.45, 2.75) is 0 Å². The minimum absolute atomic E-state index is 0.288. The van der Waals surface area contributed by atoms with Crippen molar-refractivity contribution >= 4 is 22.7 Å². The molecule has 6 nitrogen and oxygen atoms in total. The Balaban J connectivity index is 2.09. The van der Waals surface area contributed by atoms with Crippen LogP contribution in [0.4, 0.5) is 4.39 Å². The van der Waals surface area contributed by atoms with Crippen molar-refractivity contribution < 1.29 is 18.6 Å². The molecule has 0 saturated carbocycles. The molecule has 0 aliphatic carbocycles. The van der Waals surface area contributed by atoms with Gasteiger partial charge in [-0.2, -0.15) is 5.26 Å². The number of imidazole rings is 1. The molecule has 7 heteroatoms. The van der Waals surface area contributed by atoms with Crippen LogP contribution >= 0.6 is 0 Å². The van der Waals surface area contributed by atoms with Crippen molar-refractivity contribution in [3.8, 4) is 23.3 Å². The highest BCUT2D eigenvalue weighted by Crippen LogP contribution is 2.39. The van der Waals surface area contributed by atoms with Crippen LogP contribution in [-0.4, -0.2) is 31.3 Å². The fourth-order valence-corrected chi connectivity index (χ4v) is 2.61. The monoisotopic (exact) mass is 353 g/mol. The Kier molecular flexibility index (Phi) is 4.76. The molecule has 0 atom stereocenters. The molecule has 1 heterocycles. The van der Waals surface area contributed by atoms with Gasteiger partial charge in [-0.3, -0.25) is 0 Å². The third kappa shape index (κ3) is 3.17. The number of H-pyrrole nitrogens is 1. The van der Waals surface area contributed by atoms with E-state index in [-0.39, 0.29) is 11.4 Å². The van der Waals surface area contributed by atoms with Crippen LogP contribution in [0, 0.1) is 17.1 Å². The first-order valence-electron chi connectivity index (χ1n) is 7.67. The first-order valence-corrected chi connectivity index (χ1v) is 7.67. The number of benzene rings is 2. The van der Waals surface area contributed by atoms with Gasteiger partial charge in [0, 0.05) is 0 Å². The Morgan fingerprint density at radius 1 is 1.12 bits per heavy atom. The van der Waals surface area contributed by atoms with E-state index in [1.807, 2.05) is 0 Å². The van der Waals surface area contributed by atoms with E-state index in [9.17, 15) is 9.65 Å². The molecule has 132 valence electrons. The Labute approximate surface area is 149 Å². The summed E-state index contributed by atoms with van der Waals surface area (Å²) in [7, 11) is 4.55. The molecule has 0 unspecified atom stereocenters. The van der Waals surface area contributed by atoms with Crippen LogP contribution in [-0.2, 0) is 0 Å². The predicted molar refractivity (Wildman–Crippen MR) is 95.6 cm³/mol. The Morgan fingerprint density at radius 3 is 2.38 bits per heavy atom. The van der Waals surface area contributed by atoms with Crippen molar-refractivity contribution in [1.82, 2.24) is 9.97 Å². The fourth-order valence-electron chi connectivity index (χ4n) is 2.61. The topological polar surface area (TPSA) is 80.2 Å². The van der Waals surface area contributed by atoms with Gasteiger partial charge in [-0.15, -0.1) is 0 Å². The number of nitrogens with zero attached hydrogens (tertiary/aromatic N) is 2. The minimum atomic E-state index is -0.375. The number of halogens is 1. The molecule has 0 bridgehead atoms. The molecule has 0 aliphatic rings. The number of hydrogen-bond donors (Lipinski definition) is 1. The van der Waals surface area contributed by atoms with Gasteiger partial charge in [-0.05, 0) is 42.0 Å². The number of aromatic nitrogens is 2. The van der Waals surface area contributed by atoms with Crippen LogP contribution in [0.25, 0.3) is 22.7 Å². The molecular weight excluding hydrogens is 337 g/mol. The van der Waals surface area contributed by atoms with Crippen LogP contribution in [0.5, 0.6) is 17.2 Å². The summed E-state index contributed by atoms with van der Waals surface area (Å²) in [5.74, 6) is 1.38. The van der Waals surface area contributed by atoms with Crippen molar-refractivity contribution in [1.29, 1.82) is 5.26 Å². The molecule has 1 N–H and O–H groups in total. The lowest BCUT2D eigenvalue weighted by atomic mass is 10.1. The molecular formula is C19H16FN3O3. The summed E-state index contributed by atoms with van der Waals surface area (Å²) >= 11 is 0. The van der Waals surface area contributed by atoms with E-state index in [4.69, 9.17) is 14.2 Å². The van der Waals surface area contributed by atoms with E-state index >= 15 is 0 Å². The van der Waals surface area contributed by atoms with E-state index in [0.29, 0.717) is 39.7 Å². The van der Waals surface area contributed by atoms with Crippen LogP contribution in [0.2, 0.25) is 0 Å². The quantitative estimate of drug-likeness (QED) is 0.706. The second-order valence-electron chi connectivity index (χ2n) is 5.38. The summed E-state index contributed by atoms with van der Waals surface area (Å²) in [6.07, 6.45) is 1.64. The van der Waals surface area contributed by atoms with Crippen LogP contribution in [0.1, 0.15) is 11.4 Å². The van der Waals surface area contributed by atoms with Crippen LogP contribution < -0.4 is 14.2 Å². The number of aromatic amines is 1. The predicted octanol–water partition coefficient (Wildman–Crippen LogP) is 3.79. The van der Waals surface area contributed by atoms with Gasteiger partial charge in [-0.25, -0.2) is 9.37 Å². The molecule has 2 aromatic carbocycles.